The maximum absolute atomic E-state index is 12.0. The van der Waals surface area contributed by atoms with E-state index in [0.29, 0.717) is 25.6 Å². The molecular formula is C19H31N3O2. The molecule has 1 aromatic carbocycles. The van der Waals surface area contributed by atoms with Crippen molar-refractivity contribution in [1.82, 2.24) is 15.5 Å². The Bertz CT molecular complexity index is 505. The Labute approximate surface area is 145 Å². The van der Waals surface area contributed by atoms with Gasteiger partial charge in [-0.1, -0.05) is 44.2 Å². The number of amides is 2. The molecule has 134 valence electrons. The molecule has 2 rings (SSSR count). The van der Waals surface area contributed by atoms with Gasteiger partial charge < -0.3 is 15.7 Å². The van der Waals surface area contributed by atoms with E-state index in [1.54, 1.807) is 0 Å². The third-order valence-corrected chi connectivity index (χ3v) is 4.74. The third-order valence-electron chi connectivity index (χ3n) is 4.74. The first-order valence-electron chi connectivity index (χ1n) is 8.91. The van der Waals surface area contributed by atoms with E-state index in [9.17, 15) is 4.79 Å². The van der Waals surface area contributed by atoms with E-state index in [2.05, 4.69) is 39.8 Å². The van der Waals surface area contributed by atoms with Gasteiger partial charge in [-0.25, -0.2) is 4.79 Å². The van der Waals surface area contributed by atoms with Crippen LogP contribution in [0.25, 0.3) is 0 Å². The molecule has 1 fully saturated rings. The number of carbonyl (C=O) groups excluding carboxylic acids is 1. The van der Waals surface area contributed by atoms with E-state index in [4.69, 9.17) is 5.11 Å². The lowest BCUT2D eigenvalue weighted by Crippen LogP contribution is -2.45. The highest BCUT2D eigenvalue weighted by atomic mass is 16.3. The number of aliphatic hydroxyl groups is 1. The standard InChI is InChI=1S/C19H31N3O2/c1-19(2,10-12-23)15-21-18(24)20-13-17-9-6-11-22(17)14-16-7-4-3-5-8-16/h3-5,7-8,17,23H,6,9-15H2,1-2H3,(H2,20,21,24). The van der Waals surface area contributed by atoms with Gasteiger partial charge in [-0.3, -0.25) is 4.90 Å². The summed E-state index contributed by atoms with van der Waals surface area (Å²) in [4.78, 5) is 14.5. The van der Waals surface area contributed by atoms with Crippen molar-refractivity contribution < 1.29 is 9.90 Å². The molecule has 1 unspecified atom stereocenters. The molecule has 24 heavy (non-hydrogen) atoms. The highest BCUT2D eigenvalue weighted by molar-refractivity contribution is 5.73. The van der Waals surface area contributed by atoms with Crippen LogP contribution in [-0.4, -0.2) is 48.3 Å². The maximum Gasteiger partial charge on any atom is 0.314 e. The smallest absolute Gasteiger partial charge is 0.314 e. The number of urea groups is 1. The summed E-state index contributed by atoms with van der Waals surface area (Å²) in [5.74, 6) is 0. The highest BCUT2D eigenvalue weighted by Crippen LogP contribution is 2.20. The minimum Gasteiger partial charge on any atom is -0.396 e. The monoisotopic (exact) mass is 333 g/mol. The van der Waals surface area contributed by atoms with Crippen molar-refractivity contribution >= 4 is 6.03 Å². The minimum atomic E-state index is -0.118. The van der Waals surface area contributed by atoms with Crippen LogP contribution in [0.15, 0.2) is 30.3 Å². The van der Waals surface area contributed by atoms with Crippen LogP contribution < -0.4 is 10.6 Å². The topological polar surface area (TPSA) is 64.6 Å². The zero-order valence-corrected chi connectivity index (χ0v) is 14.9. The predicted molar refractivity (Wildman–Crippen MR) is 96.8 cm³/mol. The fourth-order valence-corrected chi connectivity index (χ4v) is 3.14. The quantitative estimate of drug-likeness (QED) is 0.684. The van der Waals surface area contributed by atoms with Crippen LogP contribution in [0.5, 0.6) is 0 Å². The number of benzene rings is 1. The molecule has 0 saturated carbocycles. The molecule has 0 aliphatic carbocycles. The van der Waals surface area contributed by atoms with E-state index in [1.165, 1.54) is 12.0 Å². The second-order valence-electron chi connectivity index (χ2n) is 7.45. The molecule has 0 bridgehead atoms. The molecule has 1 aromatic rings. The van der Waals surface area contributed by atoms with Gasteiger partial charge in [0.25, 0.3) is 0 Å². The van der Waals surface area contributed by atoms with Gasteiger partial charge in [-0.05, 0) is 36.8 Å². The number of nitrogens with one attached hydrogen (secondary N) is 2. The van der Waals surface area contributed by atoms with Crippen LogP contribution in [-0.2, 0) is 6.54 Å². The predicted octanol–water partition coefficient (Wildman–Crippen LogP) is 2.36. The first kappa shape index (κ1) is 18.7. The average Bonchev–Trinajstić information content (AvgIpc) is 2.99. The van der Waals surface area contributed by atoms with Crippen molar-refractivity contribution in [3.8, 4) is 0 Å². The van der Waals surface area contributed by atoms with E-state index < -0.39 is 0 Å². The highest BCUT2D eigenvalue weighted by Gasteiger charge is 2.25. The first-order chi connectivity index (χ1) is 11.5. The summed E-state index contributed by atoms with van der Waals surface area (Å²) < 4.78 is 0. The molecule has 1 saturated heterocycles. The summed E-state index contributed by atoms with van der Waals surface area (Å²) in [6.45, 7) is 7.51. The van der Waals surface area contributed by atoms with Gasteiger partial charge in [-0.15, -0.1) is 0 Å². The van der Waals surface area contributed by atoms with Gasteiger partial charge in [0.15, 0.2) is 0 Å². The second-order valence-corrected chi connectivity index (χ2v) is 7.45. The number of aliphatic hydroxyl groups excluding tert-OH is 1. The Hall–Kier alpha value is -1.59. The summed E-state index contributed by atoms with van der Waals surface area (Å²) in [5.41, 5.74) is 1.23. The van der Waals surface area contributed by atoms with Crippen LogP contribution in [0.1, 0.15) is 38.7 Å². The fourth-order valence-electron chi connectivity index (χ4n) is 3.14. The van der Waals surface area contributed by atoms with Gasteiger partial charge in [0.1, 0.15) is 0 Å². The largest absolute Gasteiger partial charge is 0.396 e. The zero-order valence-electron chi connectivity index (χ0n) is 14.9. The SMILES string of the molecule is CC(C)(CCO)CNC(=O)NCC1CCCN1Cc1ccccc1. The van der Waals surface area contributed by atoms with Crippen molar-refractivity contribution in [1.29, 1.82) is 0 Å². The van der Waals surface area contributed by atoms with Crippen molar-refractivity contribution in [3.05, 3.63) is 35.9 Å². The van der Waals surface area contributed by atoms with Gasteiger partial charge in [0, 0.05) is 32.3 Å². The molecule has 1 heterocycles. The third kappa shape index (κ3) is 6.13. The van der Waals surface area contributed by atoms with E-state index >= 15 is 0 Å². The Balaban J connectivity index is 1.73. The number of carbonyl (C=O) groups is 1. The van der Waals surface area contributed by atoms with E-state index in [0.717, 1.165) is 19.5 Å². The molecule has 1 atom stereocenters. The lowest BCUT2D eigenvalue weighted by atomic mass is 9.90. The summed E-state index contributed by atoms with van der Waals surface area (Å²) in [5, 5.41) is 14.9. The molecule has 1 aliphatic heterocycles. The molecule has 3 N–H and O–H groups in total. The van der Waals surface area contributed by atoms with Gasteiger partial charge in [-0.2, -0.15) is 0 Å². The van der Waals surface area contributed by atoms with Crippen molar-refractivity contribution in [3.63, 3.8) is 0 Å². The fraction of sp³-hybridized carbons (Fsp3) is 0.632. The van der Waals surface area contributed by atoms with Crippen molar-refractivity contribution in [2.75, 3.05) is 26.2 Å². The van der Waals surface area contributed by atoms with Crippen LogP contribution in [0.2, 0.25) is 0 Å². The summed E-state index contributed by atoms with van der Waals surface area (Å²) in [7, 11) is 0. The van der Waals surface area contributed by atoms with E-state index in [1.807, 2.05) is 19.9 Å². The lowest BCUT2D eigenvalue weighted by Gasteiger charge is -2.26. The number of nitrogens with zero attached hydrogens (tertiary/aromatic N) is 1. The lowest BCUT2D eigenvalue weighted by molar-refractivity contribution is 0.198. The van der Waals surface area contributed by atoms with Crippen LogP contribution in [0.4, 0.5) is 4.79 Å². The summed E-state index contributed by atoms with van der Waals surface area (Å²) in [6, 6.07) is 10.8. The zero-order chi connectivity index (χ0) is 17.4. The molecule has 2 amide bonds. The van der Waals surface area contributed by atoms with Crippen LogP contribution in [0.3, 0.4) is 0 Å². The van der Waals surface area contributed by atoms with Crippen LogP contribution >= 0.6 is 0 Å². The van der Waals surface area contributed by atoms with E-state index in [-0.39, 0.29) is 18.1 Å². The number of rotatable bonds is 8. The maximum atomic E-state index is 12.0. The molecule has 5 heteroatoms. The van der Waals surface area contributed by atoms with Crippen molar-refractivity contribution in [2.45, 2.75) is 45.7 Å². The molecule has 0 aromatic heterocycles. The Kier molecular flexibility index (Phi) is 7.06. The first-order valence-corrected chi connectivity index (χ1v) is 8.91. The summed E-state index contributed by atoms with van der Waals surface area (Å²) in [6.07, 6.45) is 2.99. The normalized spacial score (nSPS) is 18.5. The van der Waals surface area contributed by atoms with Gasteiger partial charge >= 0.3 is 6.03 Å². The van der Waals surface area contributed by atoms with Gasteiger partial charge in [0.05, 0.1) is 0 Å². The Morgan fingerprint density at radius 2 is 2.04 bits per heavy atom. The number of hydrogen-bond acceptors (Lipinski definition) is 3. The van der Waals surface area contributed by atoms with Crippen LogP contribution in [0, 0.1) is 5.41 Å². The Morgan fingerprint density at radius 1 is 1.29 bits per heavy atom. The molecule has 5 nitrogen and oxygen atoms in total. The minimum absolute atomic E-state index is 0.0845. The molecular weight excluding hydrogens is 302 g/mol. The summed E-state index contributed by atoms with van der Waals surface area (Å²) >= 11 is 0. The molecule has 1 aliphatic rings. The average molecular weight is 333 g/mol. The number of likely N-dealkylation sites (tertiary alicyclic amines) is 1. The molecule has 0 radical (unpaired) electrons. The second kappa shape index (κ2) is 9.04. The Morgan fingerprint density at radius 3 is 2.75 bits per heavy atom. The van der Waals surface area contributed by atoms with Crippen molar-refractivity contribution in [2.24, 2.45) is 5.41 Å². The molecule has 0 spiro atoms. The van der Waals surface area contributed by atoms with Gasteiger partial charge in [0.2, 0.25) is 0 Å². The number of hydrogen-bond donors (Lipinski definition) is 3.